The Morgan fingerprint density at radius 3 is 2.59 bits per heavy atom. The molecule has 2 amide bonds. The van der Waals surface area contributed by atoms with Crippen molar-refractivity contribution in [2.45, 2.75) is 78.2 Å². The number of carbonyl (C=O) groups is 2. The highest BCUT2D eigenvalue weighted by Crippen LogP contribution is 2.26. The van der Waals surface area contributed by atoms with Crippen LogP contribution in [0.1, 0.15) is 82.9 Å². The lowest BCUT2D eigenvalue weighted by Crippen LogP contribution is -2.55. The molecular weight excluding hydrogens is 468 g/mol. The zero-order valence-electron chi connectivity index (χ0n) is 23.8. The van der Waals surface area contributed by atoms with Gasteiger partial charge in [0.1, 0.15) is 17.2 Å². The average molecular weight is 517 g/mol. The summed E-state index contributed by atoms with van der Waals surface area (Å²) in [5.74, 6) is 1.59. The Bertz CT molecular complexity index is 894. The number of nitrogens with one attached hydrogen (secondary N) is 2. The predicted octanol–water partition coefficient (Wildman–Crippen LogP) is 3.31. The minimum atomic E-state index is -0.239. The first-order valence-corrected chi connectivity index (χ1v) is 14.0. The van der Waals surface area contributed by atoms with Crippen LogP contribution in [0.4, 0.5) is 5.82 Å². The number of hydrogen-bond donors (Lipinski definition) is 2. The van der Waals surface area contributed by atoms with Gasteiger partial charge in [0.25, 0.3) is 5.91 Å². The minimum Gasteiger partial charge on any atom is -0.385 e. The van der Waals surface area contributed by atoms with Crippen molar-refractivity contribution in [2.75, 3.05) is 58.3 Å². The summed E-state index contributed by atoms with van der Waals surface area (Å²) in [4.78, 5) is 40.7. The Balaban J connectivity index is 1.84. The first kappa shape index (κ1) is 29.3. The normalized spacial score (nSPS) is 20.7. The first-order chi connectivity index (χ1) is 17.6. The van der Waals surface area contributed by atoms with Crippen molar-refractivity contribution in [1.82, 2.24) is 25.1 Å². The van der Waals surface area contributed by atoms with E-state index in [9.17, 15) is 9.59 Å². The monoisotopic (exact) mass is 516 g/mol. The van der Waals surface area contributed by atoms with Crippen molar-refractivity contribution in [2.24, 2.45) is 11.8 Å². The van der Waals surface area contributed by atoms with Crippen LogP contribution in [0.5, 0.6) is 0 Å². The molecule has 2 aliphatic rings. The molecule has 0 spiro atoms. The summed E-state index contributed by atoms with van der Waals surface area (Å²) >= 11 is 0. The predicted molar refractivity (Wildman–Crippen MR) is 147 cm³/mol. The topological polar surface area (TPSA) is 99.7 Å². The van der Waals surface area contributed by atoms with Gasteiger partial charge in [0.05, 0.1) is 5.92 Å². The Hall–Kier alpha value is -2.26. The van der Waals surface area contributed by atoms with Gasteiger partial charge in [0.15, 0.2) is 0 Å². The van der Waals surface area contributed by atoms with Crippen molar-refractivity contribution >= 4 is 17.6 Å². The molecule has 3 rings (SSSR count). The van der Waals surface area contributed by atoms with Crippen LogP contribution >= 0.6 is 0 Å². The van der Waals surface area contributed by atoms with Crippen LogP contribution in [0.15, 0.2) is 6.20 Å². The molecule has 9 nitrogen and oxygen atoms in total. The molecule has 1 aromatic rings. The van der Waals surface area contributed by atoms with Crippen molar-refractivity contribution in [1.29, 1.82) is 0 Å². The van der Waals surface area contributed by atoms with Gasteiger partial charge in [-0.1, -0.05) is 34.6 Å². The largest absolute Gasteiger partial charge is 0.385 e. The lowest BCUT2D eigenvalue weighted by Gasteiger charge is -2.40. The quantitative estimate of drug-likeness (QED) is 0.460. The molecule has 0 saturated carbocycles. The number of nitrogens with zero attached hydrogens (tertiary/aromatic N) is 4. The summed E-state index contributed by atoms with van der Waals surface area (Å²) in [5, 5.41) is 6.82. The van der Waals surface area contributed by atoms with Gasteiger partial charge in [0, 0.05) is 70.6 Å². The summed E-state index contributed by atoms with van der Waals surface area (Å²) in [6, 6.07) is -0.0639. The lowest BCUT2D eigenvalue weighted by molar-refractivity contribution is -0.137. The second kappa shape index (κ2) is 13.5. The second-order valence-electron chi connectivity index (χ2n) is 12.0. The molecule has 9 heteroatoms. The van der Waals surface area contributed by atoms with Gasteiger partial charge in [-0.25, -0.2) is 9.97 Å². The van der Waals surface area contributed by atoms with E-state index in [2.05, 4.69) is 50.2 Å². The number of likely N-dealkylation sites (tertiary alicyclic amines) is 1. The molecule has 2 aliphatic heterocycles. The zero-order chi connectivity index (χ0) is 27.0. The third-order valence-electron chi connectivity index (χ3n) is 7.12. The molecule has 0 unspecified atom stereocenters. The molecule has 0 aliphatic carbocycles. The number of carbonyl (C=O) groups excluding carboxylic acids is 2. The van der Waals surface area contributed by atoms with Crippen molar-refractivity contribution < 1.29 is 14.3 Å². The van der Waals surface area contributed by atoms with Gasteiger partial charge in [-0.15, -0.1) is 0 Å². The third kappa shape index (κ3) is 8.11. The van der Waals surface area contributed by atoms with Gasteiger partial charge >= 0.3 is 0 Å². The van der Waals surface area contributed by atoms with E-state index in [1.165, 1.54) is 6.42 Å². The molecule has 0 bridgehead atoms. The number of piperidine rings is 2. The Morgan fingerprint density at radius 2 is 1.95 bits per heavy atom. The van der Waals surface area contributed by atoms with Crippen LogP contribution in [-0.2, 0) is 14.9 Å². The Morgan fingerprint density at radius 1 is 1.22 bits per heavy atom. The summed E-state index contributed by atoms with van der Waals surface area (Å²) in [7, 11) is 1.68. The van der Waals surface area contributed by atoms with Crippen molar-refractivity contribution in [3.05, 3.63) is 17.6 Å². The van der Waals surface area contributed by atoms with Crippen molar-refractivity contribution in [3.8, 4) is 0 Å². The fourth-order valence-electron chi connectivity index (χ4n) is 5.12. The van der Waals surface area contributed by atoms with Gasteiger partial charge < -0.3 is 25.2 Å². The SMILES string of the molecule is COCCCNc1nc(C(C)(C)C)ncc1C(=O)N(CC(C)C)[C@@H]1CNC[C@H](C(=O)N2CCCCC2)C1. The fourth-order valence-corrected chi connectivity index (χ4v) is 5.12. The number of hydrogen-bond acceptors (Lipinski definition) is 7. The molecule has 208 valence electrons. The van der Waals surface area contributed by atoms with E-state index in [4.69, 9.17) is 9.72 Å². The molecule has 3 heterocycles. The van der Waals surface area contributed by atoms with E-state index in [0.717, 1.165) is 32.4 Å². The number of ether oxygens (including phenoxy) is 1. The minimum absolute atomic E-state index is 0.0639. The fraction of sp³-hybridized carbons (Fsp3) is 0.786. The zero-order valence-corrected chi connectivity index (χ0v) is 23.8. The molecule has 37 heavy (non-hydrogen) atoms. The molecule has 2 N–H and O–H groups in total. The number of aromatic nitrogens is 2. The number of methoxy groups -OCH3 is 1. The van der Waals surface area contributed by atoms with E-state index < -0.39 is 0 Å². The molecule has 2 atom stereocenters. The second-order valence-corrected chi connectivity index (χ2v) is 12.0. The maximum atomic E-state index is 14.1. The summed E-state index contributed by atoms with van der Waals surface area (Å²) in [6.07, 6.45) is 6.52. The van der Waals surface area contributed by atoms with E-state index in [1.54, 1.807) is 13.3 Å². The standard InChI is InChI=1S/C28H48N6O3/c1-20(2)19-34(22-15-21(16-29-17-22)25(35)33-12-8-7-9-13-33)26(36)23-18-31-27(28(3,4)5)32-24(23)30-11-10-14-37-6/h18,20-22,29H,7-17,19H2,1-6H3,(H,30,31,32)/t21-,22+/m1/s1. The Labute approximate surface area is 223 Å². The van der Waals surface area contributed by atoms with E-state index in [0.29, 0.717) is 56.4 Å². The summed E-state index contributed by atoms with van der Waals surface area (Å²) in [6.45, 7) is 15.4. The van der Waals surface area contributed by atoms with Crippen LogP contribution in [0.25, 0.3) is 0 Å². The number of rotatable bonds is 10. The van der Waals surface area contributed by atoms with Crippen LogP contribution in [-0.4, -0.2) is 90.6 Å². The molecule has 2 saturated heterocycles. The average Bonchev–Trinajstić information content (AvgIpc) is 2.89. The molecule has 0 radical (unpaired) electrons. The molecular formula is C28H48N6O3. The van der Waals surface area contributed by atoms with Gasteiger partial charge in [-0.05, 0) is 38.0 Å². The van der Waals surface area contributed by atoms with Crippen LogP contribution in [0.2, 0.25) is 0 Å². The van der Waals surface area contributed by atoms with E-state index >= 15 is 0 Å². The summed E-state index contributed by atoms with van der Waals surface area (Å²) < 4.78 is 5.18. The number of anilines is 1. The number of amides is 2. The van der Waals surface area contributed by atoms with Gasteiger partial charge in [-0.2, -0.15) is 0 Å². The molecule has 1 aromatic heterocycles. The molecule has 0 aromatic carbocycles. The maximum Gasteiger partial charge on any atom is 0.259 e. The molecule has 2 fully saturated rings. The van der Waals surface area contributed by atoms with Crippen molar-refractivity contribution in [3.63, 3.8) is 0 Å². The van der Waals surface area contributed by atoms with Crippen LogP contribution < -0.4 is 10.6 Å². The summed E-state index contributed by atoms with van der Waals surface area (Å²) in [5.41, 5.74) is 0.243. The Kier molecular flexibility index (Phi) is 10.7. The maximum absolute atomic E-state index is 14.1. The highest BCUT2D eigenvalue weighted by Gasteiger charge is 2.36. The van der Waals surface area contributed by atoms with Gasteiger partial charge in [-0.3, -0.25) is 9.59 Å². The van der Waals surface area contributed by atoms with Gasteiger partial charge in [0.2, 0.25) is 5.91 Å². The van der Waals surface area contributed by atoms with E-state index in [-0.39, 0.29) is 35.1 Å². The van der Waals surface area contributed by atoms with Crippen LogP contribution in [0.3, 0.4) is 0 Å². The first-order valence-electron chi connectivity index (χ1n) is 14.0. The van der Waals surface area contributed by atoms with Crippen LogP contribution in [0, 0.1) is 11.8 Å². The smallest absolute Gasteiger partial charge is 0.259 e. The highest BCUT2D eigenvalue weighted by molar-refractivity contribution is 5.98. The van der Waals surface area contributed by atoms with E-state index in [1.807, 2.05) is 9.80 Å². The lowest BCUT2D eigenvalue weighted by atomic mass is 9.91. The highest BCUT2D eigenvalue weighted by atomic mass is 16.5. The third-order valence-corrected chi connectivity index (χ3v) is 7.12.